The summed E-state index contributed by atoms with van der Waals surface area (Å²) in [5, 5.41) is 17.8. The van der Waals surface area contributed by atoms with Gasteiger partial charge in [-0.15, -0.1) is 0 Å². The maximum absolute atomic E-state index is 13.3. The van der Waals surface area contributed by atoms with E-state index in [1.54, 1.807) is 42.5 Å². The van der Waals surface area contributed by atoms with Crippen molar-refractivity contribution in [2.75, 3.05) is 0 Å². The van der Waals surface area contributed by atoms with Crippen molar-refractivity contribution in [2.45, 2.75) is 6.61 Å². The fourth-order valence-electron chi connectivity index (χ4n) is 1.51. The van der Waals surface area contributed by atoms with Gasteiger partial charge in [-0.2, -0.15) is 0 Å². The van der Waals surface area contributed by atoms with Gasteiger partial charge < -0.3 is 14.8 Å². The van der Waals surface area contributed by atoms with Gasteiger partial charge in [-0.05, 0) is 23.7 Å². The molecule has 0 radical (unpaired) electrons. The Balaban J connectivity index is 2.00. The van der Waals surface area contributed by atoms with Gasteiger partial charge >= 0.3 is 7.12 Å². The number of rotatable bonds is 4. The van der Waals surface area contributed by atoms with E-state index in [0.717, 1.165) is 0 Å². The molecule has 0 atom stereocenters. The first-order valence-electron chi connectivity index (χ1n) is 5.49. The monoisotopic (exact) mass is 246 g/mol. The van der Waals surface area contributed by atoms with Gasteiger partial charge in [0.05, 0.1) is 0 Å². The second-order valence-electron chi connectivity index (χ2n) is 3.82. The van der Waals surface area contributed by atoms with Crippen molar-refractivity contribution in [3.05, 3.63) is 59.9 Å². The highest BCUT2D eigenvalue weighted by atomic mass is 19.1. The summed E-state index contributed by atoms with van der Waals surface area (Å²) in [6.45, 7) is 0.133. The predicted octanol–water partition coefficient (Wildman–Crippen LogP) is 1.08. The van der Waals surface area contributed by atoms with Crippen LogP contribution in [0.2, 0.25) is 0 Å². The molecule has 0 aliphatic heterocycles. The molecule has 0 aromatic heterocycles. The van der Waals surface area contributed by atoms with Gasteiger partial charge in [0.25, 0.3) is 0 Å². The van der Waals surface area contributed by atoms with E-state index in [1.807, 2.05) is 0 Å². The maximum Gasteiger partial charge on any atom is 0.488 e. The summed E-state index contributed by atoms with van der Waals surface area (Å²) in [6, 6.07) is 12.7. The quantitative estimate of drug-likeness (QED) is 0.794. The van der Waals surface area contributed by atoms with Crippen LogP contribution in [-0.2, 0) is 6.61 Å². The zero-order valence-corrected chi connectivity index (χ0v) is 9.58. The molecule has 2 aromatic carbocycles. The molecule has 0 spiro atoms. The van der Waals surface area contributed by atoms with Crippen molar-refractivity contribution in [1.29, 1.82) is 0 Å². The first kappa shape index (κ1) is 12.6. The normalized spacial score (nSPS) is 10.2. The van der Waals surface area contributed by atoms with Crippen LogP contribution in [0.5, 0.6) is 5.75 Å². The standard InChI is InChI=1S/C13H12BFO3/c15-13-4-2-1-3-10(13)9-18-12-7-5-11(6-8-12)14(16)17/h1-8,16-17H,9H2. The molecule has 2 aromatic rings. The lowest BCUT2D eigenvalue weighted by Crippen LogP contribution is -2.29. The Morgan fingerprint density at radius 2 is 1.67 bits per heavy atom. The third-order valence-electron chi connectivity index (χ3n) is 2.53. The number of halogens is 1. The van der Waals surface area contributed by atoms with Gasteiger partial charge in [0, 0.05) is 5.56 Å². The first-order valence-corrected chi connectivity index (χ1v) is 5.49. The lowest BCUT2D eigenvalue weighted by atomic mass is 9.80. The third kappa shape index (κ3) is 3.09. The molecule has 92 valence electrons. The van der Waals surface area contributed by atoms with Crippen molar-refractivity contribution in [2.24, 2.45) is 0 Å². The molecule has 0 saturated carbocycles. The number of ether oxygens (including phenoxy) is 1. The molecule has 0 aliphatic rings. The highest BCUT2D eigenvalue weighted by molar-refractivity contribution is 6.58. The Morgan fingerprint density at radius 1 is 1.00 bits per heavy atom. The molecule has 0 aliphatic carbocycles. The van der Waals surface area contributed by atoms with Crippen molar-refractivity contribution in [3.63, 3.8) is 0 Å². The van der Waals surface area contributed by atoms with Crippen molar-refractivity contribution >= 4 is 12.6 Å². The van der Waals surface area contributed by atoms with E-state index in [2.05, 4.69) is 0 Å². The molecule has 2 rings (SSSR count). The van der Waals surface area contributed by atoms with Gasteiger partial charge in [0.15, 0.2) is 0 Å². The molecule has 2 N–H and O–H groups in total. The van der Waals surface area contributed by atoms with Crippen LogP contribution in [0.3, 0.4) is 0 Å². The number of benzene rings is 2. The smallest absolute Gasteiger partial charge is 0.488 e. The second kappa shape index (κ2) is 5.66. The van der Waals surface area contributed by atoms with Gasteiger partial charge in [0.1, 0.15) is 18.2 Å². The highest BCUT2D eigenvalue weighted by Crippen LogP contribution is 2.13. The summed E-state index contributed by atoms with van der Waals surface area (Å²) >= 11 is 0. The number of hydrogen-bond acceptors (Lipinski definition) is 3. The SMILES string of the molecule is OB(O)c1ccc(OCc2ccccc2F)cc1. The van der Waals surface area contributed by atoms with Crippen LogP contribution in [0.15, 0.2) is 48.5 Å². The summed E-state index contributed by atoms with van der Waals surface area (Å²) < 4.78 is 18.7. The Labute approximate surface area is 105 Å². The third-order valence-corrected chi connectivity index (χ3v) is 2.53. The molecular weight excluding hydrogens is 234 g/mol. The molecule has 0 heterocycles. The lowest BCUT2D eigenvalue weighted by Gasteiger charge is -2.07. The van der Waals surface area contributed by atoms with E-state index in [0.29, 0.717) is 16.8 Å². The zero-order valence-electron chi connectivity index (χ0n) is 9.58. The average Bonchev–Trinajstić information content (AvgIpc) is 2.38. The van der Waals surface area contributed by atoms with Crippen LogP contribution >= 0.6 is 0 Å². The van der Waals surface area contributed by atoms with Gasteiger partial charge in [0.2, 0.25) is 0 Å². The minimum atomic E-state index is -1.49. The predicted molar refractivity (Wildman–Crippen MR) is 67.0 cm³/mol. The van der Waals surface area contributed by atoms with Crippen molar-refractivity contribution < 1.29 is 19.2 Å². The van der Waals surface area contributed by atoms with E-state index in [1.165, 1.54) is 6.07 Å². The summed E-state index contributed by atoms with van der Waals surface area (Å²) in [7, 11) is -1.49. The van der Waals surface area contributed by atoms with Gasteiger partial charge in [-0.3, -0.25) is 0 Å². The molecule has 0 fully saturated rings. The Morgan fingerprint density at radius 3 is 2.28 bits per heavy atom. The molecule has 5 heteroatoms. The van der Waals surface area contributed by atoms with E-state index >= 15 is 0 Å². The lowest BCUT2D eigenvalue weighted by molar-refractivity contribution is 0.300. The summed E-state index contributed by atoms with van der Waals surface area (Å²) in [6.07, 6.45) is 0. The van der Waals surface area contributed by atoms with E-state index in [9.17, 15) is 4.39 Å². The van der Waals surface area contributed by atoms with Crippen LogP contribution < -0.4 is 10.2 Å². The van der Waals surface area contributed by atoms with Gasteiger partial charge in [-0.25, -0.2) is 4.39 Å². The second-order valence-corrected chi connectivity index (χ2v) is 3.82. The zero-order chi connectivity index (χ0) is 13.0. The molecule has 0 unspecified atom stereocenters. The Hall–Kier alpha value is -1.85. The van der Waals surface area contributed by atoms with E-state index < -0.39 is 7.12 Å². The summed E-state index contributed by atoms with van der Waals surface area (Å²) in [5.41, 5.74) is 0.858. The fourth-order valence-corrected chi connectivity index (χ4v) is 1.51. The van der Waals surface area contributed by atoms with Crippen LogP contribution in [0.25, 0.3) is 0 Å². The minimum absolute atomic E-state index is 0.133. The molecule has 0 bridgehead atoms. The fraction of sp³-hybridized carbons (Fsp3) is 0.0769. The topological polar surface area (TPSA) is 49.7 Å². The van der Waals surface area contributed by atoms with Crippen LogP contribution in [0, 0.1) is 5.82 Å². The number of hydrogen-bond donors (Lipinski definition) is 2. The van der Waals surface area contributed by atoms with E-state index in [-0.39, 0.29) is 12.4 Å². The Bertz CT molecular complexity index is 514. The first-order chi connectivity index (χ1) is 8.66. The van der Waals surface area contributed by atoms with Crippen molar-refractivity contribution in [1.82, 2.24) is 0 Å². The maximum atomic E-state index is 13.3. The average molecular weight is 246 g/mol. The molecule has 3 nitrogen and oxygen atoms in total. The molecule has 0 amide bonds. The minimum Gasteiger partial charge on any atom is -0.489 e. The molecule has 0 saturated heterocycles. The summed E-state index contributed by atoms with van der Waals surface area (Å²) in [4.78, 5) is 0. The van der Waals surface area contributed by atoms with Crippen molar-refractivity contribution in [3.8, 4) is 5.75 Å². The van der Waals surface area contributed by atoms with E-state index in [4.69, 9.17) is 14.8 Å². The Kier molecular flexibility index (Phi) is 3.97. The van der Waals surface area contributed by atoms with Gasteiger partial charge in [-0.1, -0.05) is 30.3 Å². The van der Waals surface area contributed by atoms with Crippen LogP contribution in [0.1, 0.15) is 5.56 Å². The highest BCUT2D eigenvalue weighted by Gasteiger charge is 2.10. The van der Waals surface area contributed by atoms with Crippen LogP contribution in [0.4, 0.5) is 4.39 Å². The molecule has 18 heavy (non-hydrogen) atoms. The van der Waals surface area contributed by atoms with Crippen LogP contribution in [-0.4, -0.2) is 17.2 Å². The largest absolute Gasteiger partial charge is 0.489 e. The molecular formula is C13H12BFO3. The summed E-state index contributed by atoms with van der Waals surface area (Å²) in [5.74, 6) is 0.238.